The van der Waals surface area contributed by atoms with Gasteiger partial charge in [-0.2, -0.15) is 0 Å². The number of pyridine rings is 1. The highest BCUT2D eigenvalue weighted by atomic mass is 35.5. The number of benzene rings is 1. The highest BCUT2D eigenvalue weighted by molar-refractivity contribution is 6.31. The van der Waals surface area contributed by atoms with Gasteiger partial charge >= 0.3 is 12.1 Å². The predicted octanol–water partition coefficient (Wildman–Crippen LogP) is 4.71. The van der Waals surface area contributed by atoms with Crippen LogP contribution in [0.3, 0.4) is 0 Å². The number of urea groups is 1. The van der Waals surface area contributed by atoms with Gasteiger partial charge in [0, 0.05) is 30.6 Å². The van der Waals surface area contributed by atoms with E-state index in [2.05, 4.69) is 25.9 Å². The molecule has 0 radical (unpaired) electrons. The summed E-state index contributed by atoms with van der Waals surface area (Å²) in [5.74, 6) is -2.63. The van der Waals surface area contributed by atoms with E-state index < -0.39 is 30.7 Å². The van der Waals surface area contributed by atoms with E-state index >= 15 is 0 Å². The van der Waals surface area contributed by atoms with E-state index in [1.165, 1.54) is 10.9 Å². The van der Waals surface area contributed by atoms with E-state index in [0.29, 0.717) is 22.0 Å². The molecule has 1 atom stereocenters. The van der Waals surface area contributed by atoms with Crippen LogP contribution in [0.2, 0.25) is 5.02 Å². The van der Waals surface area contributed by atoms with Gasteiger partial charge in [-0.1, -0.05) is 35.0 Å². The number of likely N-dealkylation sites (tertiary alicyclic amines) is 1. The summed E-state index contributed by atoms with van der Waals surface area (Å²) in [5.41, 5.74) is 1.61. The Morgan fingerprint density at radius 3 is 2.63 bits per heavy atom. The summed E-state index contributed by atoms with van der Waals surface area (Å²) in [6.45, 7) is 1.05. The summed E-state index contributed by atoms with van der Waals surface area (Å²) in [7, 11) is 1.59. The number of rotatable bonds is 5. The van der Waals surface area contributed by atoms with Gasteiger partial charge in [-0.05, 0) is 25.1 Å². The minimum atomic E-state index is -2.87. The van der Waals surface area contributed by atoms with E-state index in [1.807, 2.05) is 0 Å². The van der Waals surface area contributed by atoms with Crippen molar-refractivity contribution in [3.8, 4) is 11.4 Å². The van der Waals surface area contributed by atoms with Crippen molar-refractivity contribution in [2.45, 2.75) is 25.4 Å². The molecule has 0 spiro atoms. The number of nitrogens with zero attached hydrogens (tertiary/aromatic N) is 5. The van der Waals surface area contributed by atoms with Crippen LogP contribution < -0.4 is 10.6 Å². The molecule has 2 aromatic heterocycles. The van der Waals surface area contributed by atoms with Crippen molar-refractivity contribution in [1.29, 1.82) is 0 Å². The molecule has 1 aliphatic heterocycles. The van der Waals surface area contributed by atoms with Crippen LogP contribution in [0, 0.1) is 0 Å². The molecule has 13 heteroatoms. The lowest BCUT2D eigenvalue weighted by Crippen LogP contribution is -2.34. The molecule has 10 nitrogen and oxygen atoms in total. The van der Waals surface area contributed by atoms with E-state index in [-0.39, 0.29) is 24.5 Å². The minimum absolute atomic E-state index is 0.0236. The largest absolute Gasteiger partial charge is 0.441 e. The number of halogens is 3. The Labute approximate surface area is 204 Å². The lowest BCUT2D eigenvalue weighted by molar-refractivity contribution is 0.0159. The molecule has 3 heterocycles. The normalized spacial score (nSPS) is 15.5. The predicted molar refractivity (Wildman–Crippen MR) is 124 cm³/mol. The smallest absolute Gasteiger partial charge is 0.413 e. The number of amides is 3. The standard InChI is InChI=1S/C22H22ClF2N7O3/c1-13(15-5-3-4-6-16(15)23)35-21(34)28-19-18(29-30-31(19)2)17-8-7-14(11-26-17)27-20(33)32-10-9-22(24,25)12-32/h3-8,11,13H,9-10,12H2,1-2H3,(H,27,33)(H,28,34)/t13-/m1/s1. The summed E-state index contributed by atoms with van der Waals surface area (Å²) in [6.07, 6.45) is -0.350. The number of ether oxygens (including phenoxy) is 1. The summed E-state index contributed by atoms with van der Waals surface area (Å²) < 4.78 is 33.5. The summed E-state index contributed by atoms with van der Waals surface area (Å²) in [6, 6.07) is 9.51. The lowest BCUT2D eigenvalue weighted by atomic mass is 10.1. The number of aromatic nitrogens is 4. The van der Waals surface area contributed by atoms with Crippen molar-refractivity contribution in [2.24, 2.45) is 7.05 Å². The van der Waals surface area contributed by atoms with Gasteiger partial charge in [-0.3, -0.25) is 10.3 Å². The van der Waals surface area contributed by atoms with Gasteiger partial charge in [-0.25, -0.2) is 23.1 Å². The number of anilines is 2. The zero-order valence-electron chi connectivity index (χ0n) is 18.8. The molecule has 0 bridgehead atoms. The van der Waals surface area contributed by atoms with Gasteiger partial charge in [0.15, 0.2) is 11.5 Å². The molecule has 3 aromatic rings. The molecule has 1 fully saturated rings. The quantitative estimate of drug-likeness (QED) is 0.519. The van der Waals surface area contributed by atoms with E-state index in [4.69, 9.17) is 16.3 Å². The first-order valence-corrected chi connectivity index (χ1v) is 11.0. The fraction of sp³-hybridized carbons (Fsp3) is 0.318. The van der Waals surface area contributed by atoms with Crippen molar-refractivity contribution in [3.05, 3.63) is 53.2 Å². The molecule has 184 valence electrons. The molecule has 3 amide bonds. The monoisotopic (exact) mass is 505 g/mol. The van der Waals surface area contributed by atoms with Gasteiger partial charge in [0.05, 0.1) is 24.1 Å². The Balaban J connectivity index is 1.42. The summed E-state index contributed by atoms with van der Waals surface area (Å²) in [5, 5.41) is 13.6. The third-order valence-corrected chi connectivity index (χ3v) is 5.73. The zero-order chi connectivity index (χ0) is 25.2. The Hall–Kier alpha value is -3.80. The molecule has 1 aromatic carbocycles. The third kappa shape index (κ3) is 5.65. The molecular formula is C22H22ClF2N7O3. The fourth-order valence-corrected chi connectivity index (χ4v) is 3.83. The third-order valence-electron chi connectivity index (χ3n) is 5.39. The average Bonchev–Trinajstić information content (AvgIpc) is 3.36. The van der Waals surface area contributed by atoms with Gasteiger partial charge in [0.25, 0.3) is 5.92 Å². The van der Waals surface area contributed by atoms with Gasteiger partial charge in [0.1, 0.15) is 6.10 Å². The molecule has 1 aliphatic rings. The molecule has 0 saturated carbocycles. The molecule has 0 unspecified atom stereocenters. The van der Waals surface area contributed by atoms with Crippen LogP contribution >= 0.6 is 11.6 Å². The maximum atomic E-state index is 13.3. The Bertz CT molecular complexity index is 1240. The van der Waals surface area contributed by atoms with Crippen LogP contribution in [0.1, 0.15) is 25.0 Å². The Morgan fingerprint density at radius 2 is 1.97 bits per heavy atom. The van der Waals surface area contributed by atoms with E-state index in [0.717, 1.165) is 4.90 Å². The number of hydrogen-bond acceptors (Lipinski definition) is 6. The first-order valence-electron chi connectivity index (χ1n) is 10.6. The van der Waals surface area contributed by atoms with E-state index in [9.17, 15) is 18.4 Å². The molecule has 4 rings (SSSR count). The topological polar surface area (TPSA) is 114 Å². The Kier molecular flexibility index (Phi) is 6.83. The van der Waals surface area contributed by atoms with Gasteiger partial charge < -0.3 is 15.0 Å². The number of hydrogen-bond donors (Lipinski definition) is 2. The minimum Gasteiger partial charge on any atom is -0.441 e. The molecule has 35 heavy (non-hydrogen) atoms. The summed E-state index contributed by atoms with van der Waals surface area (Å²) >= 11 is 6.16. The van der Waals surface area contributed by atoms with Gasteiger partial charge in [0.2, 0.25) is 0 Å². The highest BCUT2D eigenvalue weighted by Gasteiger charge is 2.40. The van der Waals surface area contributed by atoms with Crippen molar-refractivity contribution in [1.82, 2.24) is 24.9 Å². The maximum absolute atomic E-state index is 13.3. The first kappa shape index (κ1) is 24.3. The maximum Gasteiger partial charge on any atom is 0.413 e. The van der Waals surface area contributed by atoms with Crippen LogP contribution in [-0.2, 0) is 11.8 Å². The molecule has 1 saturated heterocycles. The number of carbonyl (C=O) groups excluding carboxylic acids is 2. The second kappa shape index (κ2) is 9.82. The van der Waals surface area contributed by atoms with Crippen LogP contribution in [0.25, 0.3) is 11.4 Å². The lowest BCUT2D eigenvalue weighted by Gasteiger charge is -2.17. The summed E-state index contributed by atoms with van der Waals surface area (Å²) in [4.78, 5) is 30.0. The van der Waals surface area contributed by atoms with Crippen molar-refractivity contribution in [2.75, 3.05) is 23.7 Å². The van der Waals surface area contributed by atoms with Crippen LogP contribution in [0.5, 0.6) is 0 Å². The van der Waals surface area contributed by atoms with E-state index in [1.54, 1.807) is 50.4 Å². The molecular weight excluding hydrogens is 484 g/mol. The molecule has 0 aliphatic carbocycles. The van der Waals surface area contributed by atoms with Crippen LogP contribution in [0.4, 0.5) is 29.9 Å². The van der Waals surface area contributed by atoms with Crippen LogP contribution in [0.15, 0.2) is 42.6 Å². The highest BCUT2D eigenvalue weighted by Crippen LogP contribution is 2.29. The van der Waals surface area contributed by atoms with Crippen LogP contribution in [-0.4, -0.2) is 56.0 Å². The molecule has 2 N–H and O–H groups in total. The second-order valence-corrected chi connectivity index (χ2v) is 8.40. The van der Waals surface area contributed by atoms with Crippen molar-refractivity contribution in [3.63, 3.8) is 0 Å². The number of nitrogens with one attached hydrogen (secondary N) is 2. The van der Waals surface area contributed by atoms with Crippen molar-refractivity contribution >= 4 is 35.2 Å². The second-order valence-electron chi connectivity index (χ2n) is 7.99. The Morgan fingerprint density at radius 1 is 1.20 bits per heavy atom. The number of alkyl halides is 2. The average molecular weight is 506 g/mol. The van der Waals surface area contributed by atoms with Crippen molar-refractivity contribution < 1.29 is 23.1 Å². The first-order chi connectivity index (χ1) is 16.6. The fourth-order valence-electron chi connectivity index (χ4n) is 3.54. The SMILES string of the molecule is C[C@@H](OC(=O)Nc1c(-c2ccc(NC(=O)N3CCC(F)(F)C3)cn2)nnn1C)c1ccccc1Cl. The van der Waals surface area contributed by atoms with Gasteiger partial charge in [-0.15, -0.1) is 5.10 Å². The zero-order valence-corrected chi connectivity index (χ0v) is 19.6. The number of carbonyl (C=O) groups is 2. The number of aryl methyl sites for hydroxylation is 1.